The number of fused-ring (bicyclic) bond motifs is 1. The van der Waals surface area contributed by atoms with E-state index in [0.717, 1.165) is 28.6 Å². The molecule has 0 spiro atoms. The molecule has 158 valence electrons. The van der Waals surface area contributed by atoms with Gasteiger partial charge in [-0.3, -0.25) is 4.79 Å². The Hall–Kier alpha value is -3.28. The monoisotopic (exact) mass is 457 g/mol. The molecule has 4 nitrogen and oxygen atoms in total. The molecule has 6 heteroatoms. The molecule has 4 aromatic rings. The number of amides is 1. The fourth-order valence-electron chi connectivity index (χ4n) is 3.69. The van der Waals surface area contributed by atoms with Crippen molar-refractivity contribution in [2.75, 3.05) is 0 Å². The van der Waals surface area contributed by atoms with Crippen LogP contribution in [0.3, 0.4) is 0 Å². The van der Waals surface area contributed by atoms with Crippen molar-refractivity contribution >= 4 is 57.1 Å². The van der Waals surface area contributed by atoms with Gasteiger partial charge in [-0.2, -0.15) is 0 Å². The summed E-state index contributed by atoms with van der Waals surface area (Å²) < 4.78 is 2.22. The van der Waals surface area contributed by atoms with E-state index in [4.69, 9.17) is 11.6 Å². The average molecular weight is 458 g/mol. The van der Waals surface area contributed by atoms with Gasteiger partial charge >= 0.3 is 0 Å². The number of carbonyl (C=O) groups excluding carboxylic acids is 1. The third-order valence-corrected chi connectivity index (χ3v) is 6.66. The lowest BCUT2D eigenvalue weighted by Crippen LogP contribution is -2.19. The molecular formula is C26H20ClN3OS. The van der Waals surface area contributed by atoms with Gasteiger partial charge in [0.15, 0.2) is 5.17 Å². The Balaban J connectivity index is 1.47. The van der Waals surface area contributed by atoms with E-state index in [-0.39, 0.29) is 5.91 Å². The molecule has 1 amide bonds. The second kappa shape index (κ2) is 8.69. The van der Waals surface area contributed by atoms with Crippen LogP contribution in [0.25, 0.3) is 17.0 Å². The molecule has 1 aliphatic heterocycles. The molecule has 0 aliphatic carbocycles. The van der Waals surface area contributed by atoms with Gasteiger partial charge in [0, 0.05) is 34.2 Å². The molecule has 0 saturated carbocycles. The number of hydrogen-bond acceptors (Lipinski definition) is 3. The number of rotatable bonds is 4. The summed E-state index contributed by atoms with van der Waals surface area (Å²) in [6, 6.07) is 24.2. The molecule has 32 heavy (non-hydrogen) atoms. The molecule has 2 heterocycles. The smallest absolute Gasteiger partial charge is 0.264 e. The standard InChI is InChI=1S/C26H20ClN3OS/c1-17-11-12-20(14-22(17)27)28-26-29-25(31)24(32-26)13-19-16-30(15-18-7-3-2-4-8-18)23-10-6-5-9-21(19)23/h2-14,16H,15H2,1H3,(H,28,29,31)/b24-13-. The second-order valence-electron chi connectivity index (χ2n) is 7.63. The topological polar surface area (TPSA) is 46.4 Å². The number of nitrogens with one attached hydrogen (secondary N) is 1. The van der Waals surface area contributed by atoms with Crippen molar-refractivity contribution in [3.05, 3.63) is 106 Å². The van der Waals surface area contributed by atoms with Gasteiger partial charge in [0.1, 0.15) is 0 Å². The molecule has 0 radical (unpaired) electrons. The summed E-state index contributed by atoms with van der Waals surface area (Å²) >= 11 is 7.54. The minimum absolute atomic E-state index is 0.146. The first kappa shape index (κ1) is 20.6. The predicted octanol–water partition coefficient (Wildman–Crippen LogP) is 6.54. The molecule has 5 rings (SSSR count). The third kappa shape index (κ3) is 4.22. The lowest BCUT2D eigenvalue weighted by molar-refractivity contribution is -0.115. The highest BCUT2D eigenvalue weighted by molar-refractivity contribution is 8.18. The van der Waals surface area contributed by atoms with Crippen molar-refractivity contribution in [1.82, 2.24) is 9.88 Å². The Kier molecular flexibility index (Phi) is 5.60. The Morgan fingerprint density at radius 1 is 1.06 bits per heavy atom. The predicted molar refractivity (Wildman–Crippen MR) is 134 cm³/mol. The summed E-state index contributed by atoms with van der Waals surface area (Å²) in [5.74, 6) is -0.146. The molecule has 1 N–H and O–H groups in total. The van der Waals surface area contributed by atoms with Gasteiger partial charge in [-0.05, 0) is 54.1 Å². The maximum atomic E-state index is 12.6. The highest BCUT2D eigenvalue weighted by Crippen LogP contribution is 2.32. The molecule has 0 atom stereocenters. The van der Waals surface area contributed by atoms with Crippen LogP contribution in [0.4, 0.5) is 5.69 Å². The quantitative estimate of drug-likeness (QED) is 0.353. The highest BCUT2D eigenvalue weighted by atomic mass is 35.5. The van der Waals surface area contributed by atoms with E-state index in [1.165, 1.54) is 17.3 Å². The molecule has 1 fully saturated rings. The van der Waals surface area contributed by atoms with E-state index in [9.17, 15) is 4.79 Å². The Labute approximate surface area is 195 Å². The zero-order valence-electron chi connectivity index (χ0n) is 17.4. The number of carbonyl (C=O) groups is 1. The molecule has 3 aromatic carbocycles. The summed E-state index contributed by atoms with van der Waals surface area (Å²) in [5.41, 5.74) is 5.07. The number of benzene rings is 3. The molecule has 1 aromatic heterocycles. The van der Waals surface area contributed by atoms with Gasteiger partial charge in [0.2, 0.25) is 0 Å². The number of hydrogen-bond donors (Lipinski definition) is 1. The van der Waals surface area contributed by atoms with Crippen molar-refractivity contribution in [3.63, 3.8) is 0 Å². The van der Waals surface area contributed by atoms with Crippen LogP contribution in [0, 0.1) is 6.92 Å². The van der Waals surface area contributed by atoms with Gasteiger partial charge in [-0.1, -0.05) is 66.2 Å². The van der Waals surface area contributed by atoms with Crippen LogP contribution >= 0.6 is 23.4 Å². The van der Waals surface area contributed by atoms with Crippen molar-refractivity contribution in [2.45, 2.75) is 13.5 Å². The lowest BCUT2D eigenvalue weighted by atomic mass is 10.1. The van der Waals surface area contributed by atoms with Crippen LogP contribution < -0.4 is 5.32 Å². The summed E-state index contributed by atoms with van der Waals surface area (Å²) in [7, 11) is 0. The van der Waals surface area contributed by atoms with E-state index >= 15 is 0 Å². The van der Waals surface area contributed by atoms with Crippen LogP contribution in [0.1, 0.15) is 16.7 Å². The van der Waals surface area contributed by atoms with Crippen LogP contribution in [0.5, 0.6) is 0 Å². The minimum atomic E-state index is -0.146. The van der Waals surface area contributed by atoms with Gasteiger partial charge in [0.05, 0.1) is 10.6 Å². The van der Waals surface area contributed by atoms with Gasteiger partial charge < -0.3 is 9.88 Å². The molecule has 0 unspecified atom stereocenters. The molecule has 1 aliphatic rings. The van der Waals surface area contributed by atoms with Crippen molar-refractivity contribution in [1.29, 1.82) is 0 Å². The first-order chi connectivity index (χ1) is 15.6. The zero-order valence-corrected chi connectivity index (χ0v) is 19.0. The van der Waals surface area contributed by atoms with Crippen molar-refractivity contribution in [2.24, 2.45) is 4.99 Å². The molecule has 1 saturated heterocycles. The Bertz CT molecular complexity index is 1390. The largest absolute Gasteiger partial charge is 0.342 e. The average Bonchev–Trinajstić information content (AvgIpc) is 3.31. The summed E-state index contributed by atoms with van der Waals surface area (Å²) in [6.45, 7) is 2.71. The SMILES string of the molecule is Cc1ccc(N=C2NC(=O)/C(=C/c3cn(Cc4ccccc4)c4ccccc34)S2)cc1Cl. The Morgan fingerprint density at radius 2 is 1.84 bits per heavy atom. The van der Waals surface area contributed by atoms with Crippen molar-refractivity contribution < 1.29 is 4.79 Å². The van der Waals surface area contributed by atoms with E-state index in [1.54, 1.807) is 6.07 Å². The zero-order chi connectivity index (χ0) is 22.1. The van der Waals surface area contributed by atoms with E-state index < -0.39 is 0 Å². The number of aromatic nitrogens is 1. The van der Waals surface area contributed by atoms with Gasteiger partial charge in [-0.15, -0.1) is 0 Å². The summed E-state index contributed by atoms with van der Waals surface area (Å²) in [6.07, 6.45) is 4.04. The second-order valence-corrected chi connectivity index (χ2v) is 9.07. The van der Waals surface area contributed by atoms with Gasteiger partial charge in [-0.25, -0.2) is 4.99 Å². The fraction of sp³-hybridized carbons (Fsp3) is 0.0769. The van der Waals surface area contributed by atoms with Gasteiger partial charge in [0.25, 0.3) is 5.91 Å². The number of halogens is 1. The van der Waals surface area contributed by atoms with Crippen molar-refractivity contribution in [3.8, 4) is 0 Å². The number of aliphatic imine (C=N–C) groups is 1. The van der Waals surface area contributed by atoms with Crippen LogP contribution in [-0.4, -0.2) is 15.6 Å². The maximum absolute atomic E-state index is 12.6. The first-order valence-electron chi connectivity index (χ1n) is 10.2. The molecule has 0 bridgehead atoms. The minimum Gasteiger partial charge on any atom is -0.342 e. The van der Waals surface area contributed by atoms with Crippen LogP contribution in [0.2, 0.25) is 5.02 Å². The Morgan fingerprint density at radius 3 is 2.66 bits per heavy atom. The number of aryl methyl sites for hydroxylation is 1. The number of nitrogens with zero attached hydrogens (tertiary/aromatic N) is 2. The first-order valence-corrected chi connectivity index (χ1v) is 11.4. The van der Waals surface area contributed by atoms with E-state index in [2.05, 4.69) is 45.3 Å². The van der Waals surface area contributed by atoms with Crippen LogP contribution in [-0.2, 0) is 11.3 Å². The van der Waals surface area contributed by atoms with E-state index in [1.807, 2.05) is 55.5 Å². The van der Waals surface area contributed by atoms with Crippen LogP contribution in [0.15, 0.2) is 88.9 Å². The number of amidine groups is 1. The summed E-state index contributed by atoms with van der Waals surface area (Å²) in [4.78, 5) is 17.8. The maximum Gasteiger partial charge on any atom is 0.264 e. The lowest BCUT2D eigenvalue weighted by Gasteiger charge is -2.05. The van der Waals surface area contributed by atoms with E-state index in [0.29, 0.717) is 20.8 Å². The normalized spacial score (nSPS) is 16.2. The molecular weight excluding hydrogens is 438 g/mol. The summed E-state index contributed by atoms with van der Waals surface area (Å²) in [5, 5.41) is 5.17. The number of para-hydroxylation sites is 1. The number of thioether (sulfide) groups is 1. The third-order valence-electron chi connectivity index (χ3n) is 5.34. The fourth-order valence-corrected chi connectivity index (χ4v) is 4.70. The highest BCUT2D eigenvalue weighted by Gasteiger charge is 2.24.